The van der Waals surface area contributed by atoms with E-state index >= 15 is 0 Å². The van der Waals surface area contributed by atoms with Crippen molar-refractivity contribution in [3.05, 3.63) is 22.8 Å². The number of esters is 1. The molecule has 5 nitrogen and oxygen atoms in total. The first-order valence-corrected chi connectivity index (χ1v) is 8.81. The van der Waals surface area contributed by atoms with Crippen LogP contribution in [0.25, 0.3) is 0 Å². The van der Waals surface area contributed by atoms with Gasteiger partial charge in [-0.15, -0.1) is 0 Å². The number of anilines is 1. The number of nitrogens with one attached hydrogen (secondary N) is 1. The van der Waals surface area contributed by atoms with Crippen molar-refractivity contribution < 1.29 is 27.5 Å². The Balaban J connectivity index is 1.75. The van der Waals surface area contributed by atoms with Crippen molar-refractivity contribution in [2.45, 2.75) is 51.1 Å². The van der Waals surface area contributed by atoms with E-state index in [0.717, 1.165) is 19.3 Å². The van der Waals surface area contributed by atoms with Gasteiger partial charge in [0.1, 0.15) is 0 Å². The van der Waals surface area contributed by atoms with Crippen molar-refractivity contribution in [3.63, 3.8) is 0 Å². The Kier molecular flexibility index (Phi) is 7.25. The number of aromatic nitrogens is 1. The lowest BCUT2D eigenvalue weighted by Gasteiger charge is -2.20. The van der Waals surface area contributed by atoms with Gasteiger partial charge in [0.15, 0.2) is 12.4 Å². The van der Waals surface area contributed by atoms with Crippen molar-refractivity contribution in [1.29, 1.82) is 0 Å². The second-order valence-electron chi connectivity index (χ2n) is 6.30. The minimum atomic E-state index is -4.58. The first-order valence-electron chi connectivity index (χ1n) is 8.44. The molecule has 1 fully saturated rings. The number of rotatable bonds is 6. The molecule has 1 aliphatic rings. The topological polar surface area (TPSA) is 68.3 Å². The highest BCUT2D eigenvalue weighted by Gasteiger charge is 2.31. The van der Waals surface area contributed by atoms with Crippen LogP contribution in [0.5, 0.6) is 0 Å². The minimum Gasteiger partial charge on any atom is -0.456 e. The number of pyridine rings is 1. The Morgan fingerprint density at radius 1 is 1.27 bits per heavy atom. The van der Waals surface area contributed by atoms with E-state index in [4.69, 9.17) is 16.3 Å². The van der Waals surface area contributed by atoms with Gasteiger partial charge in [-0.1, -0.05) is 43.7 Å². The van der Waals surface area contributed by atoms with E-state index < -0.39 is 30.2 Å². The normalized spacial score (nSPS) is 15.5. The predicted octanol–water partition coefficient (Wildman–Crippen LogP) is 4.60. The Hall–Kier alpha value is -1.83. The second-order valence-corrected chi connectivity index (χ2v) is 6.71. The fourth-order valence-corrected chi connectivity index (χ4v) is 3.08. The fraction of sp³-hybridized carbons (Fsp3) is 0.588. The molecule has 0 spiro atoms. The molecule has 0 aromatic carbocycles. The molecule has 1 aliphatic carbocycles. The number of nitrogens with zero attached hydrogens (tertiary/aromatic N) is 1. The lowest BCUT2D eigenvalue weighted by molar-refractivity contribution is -0.147. The second kappa shape index (κ2) is 9.21. The highest BCUT2D eigenvalue weighted by molar-refractivity contribution is 6.33. The van der Waals surface area contributed by atoms with Gasteiger partial charge in [0.2, 0.25) is 0 Å². The SMILES string of the molecule is O=C(COC(=O)CCC1CCCCC1)Nc1ncc(C(F)(F)F)cc1Cl. The van der Waals surface area contributed by atoms with Gasteiger partial charge in [-0.3, -0.25) is 9.59 Å². The van der Waals surface area contributed by atoms with Gasteiger partial charge in [0.05, 0.1) is 10.6 Å². The van der Waals surface area contributed by atoms with Crippen molar-refractivity contribution >= 4 is 29.3 Å². The van der Waals surface area contributed by atoms with Crippen molar-refractivity contribution in [2.24, 2.45) is 5.92 Å². The van der Waals surface area contributed by atoms with Crippen LogP contribution >= 0.6 is 11.6 Å². The number of carbonyl (C=O) groups excluding carboxylic acids is 2. The maximum absolute atomic E-state index is 12.5. The lowest BCUT2D eigenvalue weighted by atomic mass is 9.86. The third-order valence-corrected chi connectivity index (χ3v) is 4.56. The summed E-state index contributed by atoms with van der Waals surface area (Å²) in [4.78, 5) is 26.9. The molecular formula is C17H20ClF3N2O3. The van der Waals surface area contributed by atoms with E-state index in [0.29, 0.717) is 18.2 Å². The number of amides is 1. The molecule has 0 saturated heterocycles. The number of hydrogen-bond donors (Lipinski definition) is 1. The van der Waals surface area contributed by atoms with Gasteiger partial charge in [0, 0.05) is 12.6 Å². The van der Waals surface area contributed by atoms with Crippen LogP contribution in [0.3, 0.4) is 0 Å². The van der Waals surface area contributed by atoms with Gasteiger partial charge in [-0.25, -0.2) is 4.98 Å². The van der Waals surface area contributed by atoms with Crippen molar-refractivity contribution in [2.75, 3.05) is 11.9 Å². The number of hydrogen-bond acceptors (Lipinski definition) is 4. The minimum absolute atomic E-state index is 0.220. The number of carbonyl (C=O) groups is 2. The first kappa shape index (κ1) is 20.5. The zero-order chi connectivity index (χ0) is 19.2. The van der Waals surface area contributed by atoms with Gasteiger partial charge >= 0.3 is 12.1 Å². The van der Waals surface area contributed by atoms with Gasteiger partial charge < -0.3 is 10.1 Å². The van der Waals surface area contributed by atoms with Crippen molar-refractivity contribution in [1.82, 2.24) is 4.98 Å². The first-order chi connectivity index (χ1) is 12.3. The standard InChI is InChI=1S/C17H20ClF3N2O3/c18-13-8-12(17(19,20)21)9-22-16(13)23-14(24)10-26-15(25)7-6-11-4-2-1-3-5-11/h8-9,11H,1-7,10H2,(H,22,23,24). The van der Waals surface area contributed by atoms with Crippen LogP contribution in [0.4, 0.5) is 19.0 Å². The molecular weight excluding hydrogens is 373 g/mol. The third kappa shape index (κ3) is 6.48. The van der Waals surface area contributed by atoms with Crippen LogP contribution in [-0.2, 0) is 20.5 Å². The Morgan fingerprint density at radius 3 is 2.58 bits per heavy atom. The summed E-state index contributed by atoms with van der Waals surface area (Å²) in [6.07, 6.45) is 2.82. The van der Waals surface area contributed by atoms with Gasteiger partial charge in [-0.2, -0.15) is 13.2 Å². The lowest BCUT2D eigenvalue weighted by Crippen LogP contribution is -2.22. The summed E-state index contributed by atoms with van der Waals surface area (Å²) < 4.78 is 42.5. The van der Waals surface area contributed by atoms with Crippen LogP contribution in [0.2, 0.25) is 5.02 Å². The molecule has 1 saturated carbocycles. The summed E-state index contributed by atoms with van der Waals surface area (Å²) in [7, 11) is 0. The van der Waals surface area contributed by atoms with E-state index in [1.165, 1.54) is 19.3 Å². The summed E-state index contributed by atoms with van der Waals surface area (Å²) in [5.74, 6) is -0.884. The largest absolute Gasteiger partial charge is 0.456 e. The monoisotopic (exact) mass is 392 g/mol. The van der Waals surface area contributed by atoms with E-state index in [9.17, 15) is 22.8 Å². The highest BCUT2D eigenvalue weighted by Crippen LogP contribution is 2.32. The molecule has 0 atom stereocenters. The molecule has 0 radical (unpaired) electrons. The number of alkyl halides is 3. The van der Waals surface area contributed by atoms with E-state index in [1.54, 1.807) is 0 Å². The fourth-order valence-electron chi connectivity index (χ4n) is 2.87. The molecule has 0 unspecified atom stereocenters. The maximum Gasteiger partial charge on any atom is 0.417 e. The summed E-state index contributed by atoms with van der Waals surface area (Å²) in [5, 5.41) is 1.87. The third-order valence-electron chi connectivity index (χ3n) is 4.27. The molecule has 1 aromatic rings. The Morgan fingerprint density at radius 2 is 1.96 bits per heavy atom. The van der Waals surface area contributed by atoms with Crippen molar-refractivity contribution in [3.8, 4) is 0 Å². The average molecular weight is 393 g/mol. The molecule has 0 aliphatic heterocycles. The molecule has 26 heavy (non-hydrogen) atoms. The summed E-state index contributed by atoms with van der Waals surface area (Å²) in [6, 6.07) is 0.667. The van der Waals surface area contributed by atoms with Crippen LogP contribution in [0.1, 0.15) is 50.5 Å². The Labute approximate surface area is 154 Å². The summed E-state index contributed by atoms with van der Waals surface area (Å²) >= 11 is 5.69. The zero-order valence-electron chi connectivity index (χ0n) is 14.1. The molecule has 0 bridgehead atoms. The van der Waals surface area contributed by atoms with E-state index in [-0.39, 0.29) is 17.3 Å². The predicted molar refractivity (Wildman–Crippen MR) is 89.6 cm³/mol. The molecule has 9 heteroatoms. The number of halogens is 4. The highest BCUT2D eigenvalue weighted by atomic mass is 35.5. The molecule has 1 amide bonds. The molecule has 1 heterocycles. The van der Waals surface area contributed by atoms with Gasteiger partial charge in [-0.05, 0) is 18.4 Å². The quantitative estimate of drug-likeness (QED) is 0.718. The molecule has 1 aromatic heterocycles. The van der Waals surface area contributed by atoms with Crippen LogP contribution in [0.15, 0.2) is 12.3 Å². The number of ether oxygens (including phenoxy) is 1. The molecule has 144 valence electrons. The molecule has 2 rings (SSSR count). The molecule has 1 N–H and O–H groups in total. The van der Waals surface area contributed by atoms with E-state index in [1.807, 2.05) is 0 Å². The smallest absolute Gasteiger partial charge is 0.417 e. The summed E-state index contributed by atoms with van der Waals surface area (Å²) in [6.45, 7) is -0.539. The zero-order valence-corrected chi connectivity index (χ0v) is 14.8. The summed E-state index contributed by atoms with van der Waals surface area (Å²) in [5.41, 5.74) is -1.02. The van der Waals surface area contributed by atoms with E-state index in [2.05, 4.69) is 10.3 Å². The van der Waals surface area contributed by atoms with Crippen LogP contribution in [0, 0.1) is 5.92 Å². The van der Waals surface area contributed by atoms with Gasteiger partial charge in [0.25, 0.3) is 5.91 Å². The van der Waals surface area contributed by atoms with Crippen LogP contribution < -0.4 is 5.32 Å². The Bertz CT molecular complexity index is 647. The maximum atomic E-state index is 12.5. The van der Waals surface area contributed by atoms with Crippen LogP contribution in [-0.4, -0.2) is 23.5 Å². The average Bonchev–Trinajstić information content (AvgIpc) is 2.60.